The topological polar surface area (TPSA) is 66.0 Å². The molecule has 27 heavy (non-hydrogen) atoms. The molecule has 0 aliphatic carbocycles. The zero-order chi connectivity index (χ0) is 18.6. The summed E-state index contributed by atoms with van der Waals surface area (Å²) >= 11 is 0. The molecule has 0 saturated carbocycles. The van der Waals surface area contributed by atoms with E-state index in [0.29, 0.717) is 29.5 Å². The minimum atomic E-state index is -0.716. The van der Waals surface area contributed by atoms with Gasteiger partial charge in [-0.15, -0.1) is 0 Å². The molecule has 2 aromatic carbocycles. The van der Waals surface area contributed by atoms with Gasteiger partial charge in [0, 0.05) is 6.61 Å². The van der Waals surface area contributed by atoms with E-state index in [1.54, 1.807) is 6.07 Å². The smallest absolute Gasteiger partial charge is 0.269 e. The molecule has 4 rings (SSSR count). The molecule has 2 unspecified atom stereocenters. The van der Waals surface area contributed by atoms with Crippen molar-refractivity contribution in [3.8, 4) is 17.2 Å². The molecule has 6 heteroatoms. The first-order chi connectivity index (χ1) is 13.2. The molecule has 2 aliphatic heterocycles. The van der Waals surface area contributed by atoms with Gasteiger partial charge in [-0.25, -0.2) is 0 Å². The Bertz CT molecular complexity index is 816. The largest absolute Gasteiger partial charge is 0.489 e. The molecule has 1 fully saturated rings. The average Bonchev–Trinajstić information content (AvgIpc) is 3.21. The van der Waals surface area contributed by atoms with E-state index in [2.05, 4.69) is 5.32 Å². The van der Waals surface area contributed by atoms with Gasteiger partial charge in [0.15, 0.2) is 11.5 Å². The molecule has 6 nitrogen and oxygen atoms in total. The molecule has 2 atom stereocenters. The number of anilines is 1. The summed E-state index contributed by atoms with van der Waals surface area (Å²) in [6, 6.07) is 13.0. The van der Waals surface area contributed by atoms with Crippen LogP contribution in [-0.2, 0) is 9.53 Å². The van der Waals surface area contributed by atoms with E-state index < -0.39 is 6.10 Å². The Morgan fingerprint density at radius 2 is 2.07 bits per heavy atom. The van der Waals surface area contributed by atoms with Crippen molar-refractivity contribution in [1.82, 2.24) is 0 Å². The first-order valence-corrected chi connectivity index (χ1v) is 9.23. The van der Waals surface area contributed by atoms with Gasteiger partial charge in [0.2, 0.25) is 6.10 Å². The quantitative estimate of drug-likeness (QED) is 0.876. The molecule has 142 valence electrons. The number of amides is 1. The lowest BCUT2D eigenvalue weighted by Crippen LogP contribution is -2.40. The predicted octanol–water partition coefficient (Wildman–Crippen LogP) is 3.33. The van der Waals surface area contributed by atoms with Gasteiger partial charge in [-0.05, 0) is 49.6 Å². The van der Waals surface area contributed by atoms with Crippen molar-refractivity contribution in [2.75, 3.05) is 25.1 Å². The Morgan fingerprint density at radius 1 is 1.22 bits per heavy atom. The Morgan fingerprint density at radius 3 is 2.89 bits per heavy atom. The number of fused-ring (bicyclic) bond motifs is 1. The van der Waals surface area contributed by atoms with Crippen LogP contribution < -0.4 is 19.5 Å². The van der Waals surface area contributed by atoms with Gasteiger partial charge < -0.3 is 24.3 Å². The zero-order valence-electron chi connectivity index (χ0n) is 15.3. The van der Waals surface area contributed by atoms with Gasteiger partial charge in [0.05, 0.1) is 11.8 Å². The van der Waals surface area contributed by atoms with Gasteiger partial charge in [-0.1, -0.05) is 18.2 Å². The maximum atomic E-state index is 12.7. The van der Waals surface area contributed by atoms with Crippen molar-refractivity contribution in [1.29, 1.82) is 0 Å². The van der Waals surface area contributed by atoms with Gasteiger partial charge in [0.1, 0.15) is 19.0 Å². The summed E-state index contributed by atoms with van der Waals surface area (Å²) < 4.78 is 22.9. The molecule has 1 saturated heterocycles. The number of nitrogens with one attached hydrogen (secondary N) is 1. The number of hydrogen-bond acceptors (Lipinski definition) is 5. The van der Waals surface area contributed by atoms with Crippen molar-refractivity contribution in [3.63, 3.8) is 0 Å². The van der Waals surface area contributed by atoms with E-state index in [1.165, 1.54) is 0 Å². The summed E-state index contributed by atoms with van der Waals surface area (Å²) in [6.45, 7) is 3.41. The van der Waals surface area contributed by atoms with Gasteiger partial charge in [-0.3, -0.25) is 4.79 Å². The third kappa shape index (κ3) is 4.17. The lowest BCUT2D eigenvalue weighted by molar-refractivity contribution is -0.125. The fraction of sp³-hybridized carbons (Fsp3) is 0.381. The second kappa shape index (κ2) is 7.88. The molecular weight excluding hydrogens is 346 g/mol. The molecular formula is C21H23NO5. The predicted molar refractivity (Wildman–Crippen MR) is 101 cm³/mol. The highest BCUT2D eigenvalue weighted by molar-refractivity contribution is 5.96. The summed E-state index contributed by atoms with van der Waals surface area (Å²) in [7, 11) is 0. The van der Waals surface area contributed by atoms with Crippen LogP contribution in [0.2, 0.25) is 0 Å². The molecule has 2 heterocycles. The summed E-state index contributed by atoms with van der Waals surface area (Å²) in [5.41, 5.74) is 1.67. The minimum absolute atomic E-state index is 0.112. The highest BCUT2D eigenvalue weighted by atomic mass is 16.6. The molecule has 0 aromatic heterocycles. The lowest BCUT2D eigenvalue weighted by atomic mass is 10.2. The number of carbonyl (C=O) groups is 1. The molecule has 2 aliphatic rings. The number of para-hydroxylation sites is 2. The van der Waals surface area contributed by atoms with Crippen LogP contribution in [0.4, 0.5) is 5.69 Å². The van der Waals surface area contributed by atoms with Crippen LogP contribution in [-0.4, -0.2) is 37.9 Å². The molecule has 1 amide bonds. The van der Waals surface area contributed by atoms with Crippen LogP contribution in [0.5, 0.6) is 17.2 Å². The number of ether oxygens (including phenoxy) is 4. The maximum Gasteiger partial charge on any atom is 0.269 e. The fourth-order valence-corrected chi connectivity index (χ4v) is 3.17. The van der Waals surface area contributed by atoms with E-state index in [-0.39, 0.29) is 18.6 Å². The first-order valence-electron chi connectivity index (χ1n) is 9.23. The highest BCUT2D eigenvalue weighted by Gasteiger charge is 2.28. The lowest BCUT2D eigenvalue weighted by Gasteiger charge is -2.26. The third-order valence-electron chi connectivity index (χ3n) is 4.64. The molecule has 0 spiro atoms. The zero-order valence-corrected chi connectivity index (χ0v) is 15.3. The monoisotopic (exact) mass is 369 g/mol. The summed E-state index contributed by atoms with van der Waals surface area (Å²) in [5.74, 6) is 1.59. The van der Waals surface area contributed by atoms with Crippen molar-refractivity contribution in [2.24, 2.45) is 0 Å². The van der Waals surface area contributed by atoms with Crippen molar-refractivity contribution < 1.29 is 23.7 Å². The van der Waals surface area contributed by atoms with E-state index in [1.807, 2.05) is 43.3 Å². The van der Waals surface area contributed by atoms with Crippen molar-refractivity contribution >= 4 is 11.6 Å². The Kier molecular flexibility index (Phi) is 5.16. The third-order valence-corrected chi connectivity index (χ3v) is 4.64. The van der Waals surface area contributed by atoms with Crippen LogP contribution in [0.3, 0.4) is 0 Å². The van der Waals surface area contributed by atoms with Crippen LogP contribution in [0.1, 0.15) is 18.4 Å². The molecule has 0 bridgehead atoms. The van der Waals surface area contributed by atoms with Crippen molar-refractivity contribution in [3.05, 3.63) is 48.0 Å². The Hall–Kier alpha value is -2.73. The molecule has 2 aromatic rings. The van der Waals surface area contributed by atoms with Crippen LogP contribution >= 0.6 is 0 Å². The second-order valence-corrected chi connectivity index (χ2v) is 6.80. The summed E-state index contributed by atoms with van der Waals surface area (Å²) in [6.07, 6.45) is 1.46. The number of carbonyl (C=O) groups excluding carboxylic acids is 1. The number of aryl methyl sites for hydroxylation is 1. The molecule has 1 N–H and O–H groups in total. The van der Waals surface area contributed by atoms with E-state index in [4.69, 9.17) is 18.9 Å². The normalized spacial score (nSPS) is 20.9. The van der Waals surface area contributed by atoms with E-state index >= 15 is 0 Å². The first kappa shape index (κ1) is 17.7. The second-order valence-electron chi connectivity index (χ2n) is 6.80. The van der Waals surface area contributed by atoms with Crippen LogP contribution in [0.25, 0.3) is 0 Å². The van der Waals surface area contributed by atoms with E-state index in [9.17, 15) is 4.79 Å². The molecule has 0 radical (unpaired) electrons. The Balaban J connectivity index is 1.43. The number of hydrogen-bond donors (Lipinski definition) is 1. The standard InChI is InChI=1S/C21H23NO5/c1-14-8-9-16(19(11-14)25-12-15-5-4-10-24-15)22-21(23)20-13-26-17-6-2-3-7-18(17)27-20/h2-3,6-9,11,15,20H,4-5,10,12-13H2,1H3,(H,22,23). The minimum Gasteiger partial charge on any atom is -0.489 e. The van der Waals surface area contributed by atoms with Gasteiger partial charge >= 0.3 is 0 Å². The Labute approximate surface area is 158 Å². The average molecular weight is 369 g/mol. The van der Waals surface area contributed by atoms with Crippen LogP contribution in [0, 0.1) is 6.92 Å². The van der Waals surface area contributed by atoms with E-state index in [0.717, 1.165) is 25.0 Å². The SMILES string of the molecule is Cc1ccc(NC(=O)C2COc3ccccc3O2)c(OCC2CCCO2)c1. The van der Waals surface area contributed by atoms with Crippen molar-refractivity contribution in [2.45, 2.75) is 32.0 Å². The van der Waals surface area contributed by atoms with Gasteiger partial charge in [-0.2, -0.15) is 0 Å². The summed E-state index contributed by atoms with van der Waals surface area (Å²) in [5, 5.41) is 2.90. The maximum absolute atomic E-state index is 12.7. The highest BCUT2D eigenvalue weighted by Crippen LogP contribution is 2.32. The number of benzene rings is 2. The summed E-state index contributed by atoms with van der Waals surface area (Å²) in [4.78, 5) is 12.7. The number of rotatable bonds is 5. The van der Waals surface area contributed by atoms with Gasteiger partial charge in [0.25, 0.3) is 5.91 Å². The fourth-order valence-electron chi connectivity index (χ4n) is 3.17. The van der Waals surface area contributed by atoms with Crippen LogP contribution in [0.15, 0.2) is 42.5 Å².